The van der Waals surface area contributed by atoms with E-state index in [2.05, 4.69) is 64.1 Å². The third kappa shape index (κ3) is 2.77. The molecule has 0 aliphatic rings. The van der Waals surface area contributed by atoms with Crippen LogP contribution in [0.25, 0.3) is 10.2 Å². The Morgan fingerprint density at radius 3 is 2.70 bits per heavy atom. The average Bonchev–Trinajstić information content (AvgIpc) is 2.91. The molecule has 102 valence electrons. The maximum atomic E-state index is 6.32. The van der Waals surface area contributed by atoms with Crippen LogP contribution in [0.4, 0.5) is 5.69 Å². The summed E-state index contributed by atoms with van der Waals surface area (Å²) in [5.74, 6) is 0. The Hall–Kier alpha value is -0.850. The van der Waals surface area contributed by atoms with Crippen LogP contribution >= 0.6 is 45.5 Å². The van der Waals surface area contributed by atoms with Gasteiger partial charge in [0.1, 0.15) is 5.52 Å². The number of thiazole rings is 1. The summed E-state index contributed by atoms with van der Waals surface area (Å²) in [5.41, 5.74) is 4.94. The van der Waals surface area contributed by atoms with Gasteiger partial charge in [0.2, 0.25) is 0 Å². The molecular formula is C15H12ClIN2S. The largest absolute Gasteiger partial charge is 0.376 e. The SMILES string of the molecule is CC(Nc1c(Cl)ccc2scnc12)c1ccc(I)cc1. The van der Waals surface area contributed by atoms with Gasteiger partial charge in [-0.2, -0.15) is 0 Å². The predicted octanol–water partition coefficient (Wildman–Crippen LogP) is 5.73. The van der Waals surface area contributed by atoms with Gasteiger partial charge in [0.05, 0.1) is 20.9 Å². The van der Waals surface area contributed by atoms with Gasteiger partial charge in [0, 0.05) is 9.61 Å². The molecule has 1 unspecified atom stereocenters. The molecular weight excluding hydrogens is 403 g/mol. The van der Waals surface area contributed by atoms with Crippen LogP contribution in [0, 0.1) is 3.57 Å². The number of nitrogens with zero attached hydrogens (tertiary/aromatic N) is 1. The summed E-state index contributed by atoms with van der Waals surface area (Å²) in [6.45, 7) is 2.13. The first-order valence-corrected chi connectivity index (χ1v) is 8.52. The molecule has 0 saturated carbocycles. The van der Waals surface area contributed by atoms with Gasteiger partial charge in [-0.05, 0) is 59.3 Å². The highest BCUT2D eigenvalue weighted by molar-refractivity contribution is 14.1. The number of rotatable bonds is 3. The smallest absolute Gasteiger partial charge is 0.106 e. The molecule has 3 aromatic rings. The molecule has 0 aliphatic carbocycles. The van der Waals surface area contributed by atoms with Gasteiger partial charge >= 0.3 is 0 Å². The van der Waals surface area contributed by atoms with Crippen molar-refractivity contribution in [3.63, 3.8) is 0 Å². The van der Waals surface area contributed by atoms with Gasteiger partial charge in [-0.15, -0.1) is 11.3 Å². The Morgan fingerprint density at radius 1 is 1.20 bits per heavy atom. The molecule has 2 nitrogen and oxygen atoms in total. The molecule has 1 heterocycles. The number of hydrogen-bond donors (Lipinski definition) is 1. The van der Waals surface area contributed by atoms with Crippen molar-refractivity contribution in [1.29, 1.82) is 0 Å². The van der Waals surface area contributed by atoms with Crippen molar-refractivity contribution in [2.24, 2.45) is 0 Å². The Balaban J connectivity index is 1.94. The molecule has 2 aromatic carbocycles. The molecule has 0 spiro atoms. The van der Waals surface area contributed by atoms with Gasteiger partial charge < -0.3 is 5.32 Å². The number of anilines is 1. The van der Waals surface area contributed by atoms with Crippen LogP contribution in [0.5, 0.6) is 0 Å². The lowest BCUT2D eigenvalue weighted by Gasteiger charge is -2.17. The fourth-order valence-electron chi connectivity index (χ4n) is 2.10. The van der Waals surface area contributed by atoms with Crippen LogP contribution in [0.15, 0.2) is 41.9 Å². The monoisotopic (exact) mass is 414 g/mol. The predicted molar refractivity (Wildman–Crippen MR) is 95.8 cm³/mol. The van der Waals surface area contributed by atoms with Crippen LogP contribution in [-0.2, 0) is 0 Å². The maximum Gasteiger partial charge on any atom is 0.106 e. The Morgan fingerprint density at radius 2 is 1.95 bits per heavy atom. The lowest BCUT2D eigenvalue weighted by Crippen LogP contribution is -2.07. The number of nitrogens with one attached hydrogen (secondary N) is 1. The molecule has 0 bridgehead atoms. The number of hydrogen-bond acceptors (Lipinski definition) is 3. The zero-order valence-electron chi connectivity index (χ0n) is 10.7. The van der Waals surface area contributed by atoms with E-state index in [0.717, 1.165) is 15.9 Å². The first-order valence-electron chi connectivity index (χ1n) is 6.19. The second-order valence-electron chi connectivity index (χ2n) is 4.54. The lowest BCUT2D eigenvalue weighted by molar-refractivity contribution is 0.886. The normalized spacial score (nSPS) is 12.6. The van der Waals surface area contributed by atoms with Crippen molar-refractivity contribution in [3.05, 3.63) is 56.1 Å². The fourth-order valence-corrected chi connectivity index (χ4v) is 3.35. The van der Waals surface area contributed by atoms with E-state index in [1.54, 1.807) is 11.3 Å². The van der Waals surface area contributed by atoms with Crippen LogP contribution in [0.1, 0.15) is 18.5 Å². The summed E-state index contributed by atoms with van der Waals surface area (Å²) in [7, 11) is 0. The zero-order valence-corrected chi connectivity index (χ0v) is 14.5. The van der Waals surface area contributed by atoms with Crippen molar-refractivity contribution < 1.29 is 0 Å². The van der Waals surface area contributed by atoms with Gasteiger partial charge in [0.25, 0.3) is 0 Å². The van der Waals surface area contributed by atoms with Crippen molar-refractivity contribution in [2.75, 3.05) is 5.32 Å². The number of benzene rings is 2. The molecule has 1 aromatic heterocycles. The first kappa shape index (κ1) is 14.1. The van der Waals surface area contributed by atoms with E-state index in [1.165, 1.54) is 9.13 Å². The molecule has 0 amide bonds. The average molecular weight is 415 g/mol. The highest BCUT2D eigenvalue weighted by Gasteiger charge is 2.12. The van der Waals surface area contributed by atoms with E-state index < -0.39 is 0 Å². The molecule has 3 rings (SSSR count). The van der Waals surface area contributed by atoms with Gasteiger partial charge in [-0.1, -0.05) is 23.7 Å². The minimum absolute atomic E-state index is 0.178. The summed E-state index contributed by atoms with van der Waals surface area (Å²) in [6.07, 6.45) is 0. The molecule has 5 heteroatoms. The summed E-state index contributed by atoms with van der Waals surface area (Å²) < 4.78 is 2.38. The lowest BCUT2D eigenvalue weighted by atomic mass is 10.1. The minimum Gasteiger partial charge on any atom is -0.376 e. The summed E-state index contributed by atoms with van der Waals surface area (Å²) >= 11 is 10.3. The molecule has 1 atom stereocenters. The first-order chi connectivity index (χ1) is 9.65. The van der Waals surface area contributed by atoms with Gasteiger partial charge in [-0.25, -0.2) is 4.98 Å². The van der Waals surface area contributed by atoms with Gasteiger partial charge in [0.15, 0.2) is 0 Å². The maximum absolute atomic E-state index is 6.32. The van der Waals surface area contributed by atoms with E-state index in [0.29, 0.717) is 5.02 Å². The van der Waals surface area contributed by atoms with E-state index in [9.17, 15) is 0 Å². The van der Waals surface area contributed by atoms with E-state index >= 15 is 0 Å². The number of aromatic nitrogens is 1. The topological polar surface area (TPSA) is 24.9 Å². The minimum atomic E-state index is 0.178. The quantitative estimate of drug-likeness (QED) is 0.554. The van der Waals surface area contributed by atoms with E-state index in [-0.39, 0.29) is 6.04 Å². The van der Waals surface area contributed by atoms with Crippen molar-refractivity contribution in [1.82, 2.24) is 4.98 Å². The van der Waals surface area contributed by atoms with Crippen molar-refractivity contribution >= 4 is 61.4 Å². The van der Waals surface area contributed by atoms with Crippen LogP contribution in [0.3, 0.4) is 0 Å². The fraction of sp³-hybridized carbons (Fsp3) is 0.133. The highest BCUT2D eigenvalue weighted by Crippen LogP contribution is 2.34. The van der Waals surface area contributed by atoms with Crippen LogP contribution in [-0.4, -0.2) is 4.98 Å². The summed E-state index contributed by atoms with van der Waals surface area (Å²) in [5, 5.41) is 4.19. The Bertz CT molecular complexity index is 739. The van der Waals surface area contributed by atoms with Crippen LogP contribution < -0.4 is 5.32 Å². The number of halogens is 2. The van der Waals surface area contributed by atoms with Crippen molar-refractivity contribution in [2.45, 2.75) is 13.0 Å². The van der Waals surface area contributed by atoms with Crippen LogP contribution in [0.2, 0.25) is 5.02 Å². The third-order valence-corrected chi connectivity index (χ3v) is 5.01. The van der Waals surface area contributed by atoms with E-state index in [4.69, 9.17) is 11.6 Å². The Kier molecular flexibility index (Phi) is 4.14. The highest BCUT2D eigenvalue weighted by atomic mass is 127. The molecule has 0 fully saturated rings. The number of fused-ring (bicyclic) bond motifs is 1. The van der Waals surface area contributed by atoms with Crippen molar-refractivity contribution in [3.8, 4) is 0 Å². The molecule has 20 heavy (non-hydrogen) atoms. The van der Waals surface area contributed by atoms with E-state index in [1.807, 2.05) is 17.6 Å². The molecule has 1 N–H and O–H groups in total. The standard InChI is InChI=1S/C15H12ClIN2S/c1-9(10-2-4-11(17)5-3-10)19-14-12(16)6-7-13-15(14)18-8-20-13/h2-9,19H,1H3. The van der Waals surface area contributed by atoms with Gasteiger partial charge in [-0.3, -0.25) is 0 Å². The summed E-state index contributed by atoms with van der Waals surface area (Å²) in [6, 6.07) is 12.6. The zero-order chi connectivity index (χ0) is 14.1. The Labute approximate surface area is 140 Å². The molecule has 0 aliphatic heterocycles. The second kappa shape index (κ2) is 5.87. The molecule has 0 saturated heterocycles. The molecule has 0 radical (unpaired) electrons. The third-order valence-electron chi connectivity index (χ3n) is 3.18. The summed E-state index contributed by atoms with van der Waals surface area (Å²) in [4.78, 5) is 4.41. The second-order valence-corrected chi connectivity index (χ2v) is 7.08.